The zero-order chi connectivity index (χ0) is 14.9. The van der Waals surface area contributed by atoms with Crippen LogP contribution in [0.1, 0.15) is 37.7 Å². The van der Waals surface area contributed by atoms with E-state index in [0.717, 1.165) is 57.5 Å². The van der Waals surface area contributed by atoms with Gasteiger partial charge in [-0.3, -0.25) is 4.98 Å². The van der Waals surface area contributed by atoms with E-state index < -0.39 is 11.7 Å². The molecule has 0 bridgehead atoms. The van der Waals surface area contributed by atoms with E-state index in [1.54, 1.807) is 0 Å². The molecule has 1 aromatic rings. The van der Waals surface area contributed by atoms with Gasteiger partial charge in [0, 0.05) is 6.20 Å². The lowest BCUT2D eigenvalue weighted by molar-refractivity contribution is -0.138. The summed E-state index contributed by atoms with van der Waals surface area (Å²) in [5.74, 6) is 0.223. The van der Waals surface area contributed by atoms with Crippen molar-refractivity contribution in [3.63, 3.8) is 0 Å². The second kappa shape index (κ2) is 6.62. The number of alkyl halides is 3. The predicted molar refractivity (Wildman–Crippen MR) is 79.3 cm³/mol. The molecular formula is C15H20ClF3N2O. The first-order valence-corrected chi connectivity index (χ1v) is 7.37. The Bertz CT molecular complexity index is 504. The summed E-state index contributed by atoms with van der Waals surface area (Å²) in [4.78, 5) is 3.64. The Morgan fingerprint density at radius 2 is 1.91 bits per heavy atom. The highest BCUT2D eigenvalue weighted by Crippen LogP contribution is 2.46. The molecular weight excluding hydrogens is 317 g/mol. The first-order valence-electron chi connectivity index (χ1n) is 7.37. The number of rotatable bonds is 2. The number of hydrogen-bond acceptors (Lipinski definition) is 3. The zero-order valence-electron chi connectivity index (χ0n) is 12.2. The number of nitrogens with zero attached hydrogens (tertiary/aromatic N) is 1. The summed E-state index contributed by atoms with van der Waals surface area (Å²) < 4.78 is 43.7. The van der Waals surface area contributed by atoms with E-state index in [4.69, 9.17) is 4.74 Å². The Kier molecular flexibility index (Phi) is 5.22. The average molecular weight is 337 g/mol. The lowest BCUT2D eigenvalue weighted by atomic mass is 9.77. The molecule has 1 saturated carbocycles. The summed E-state index contributed by atoms with van der Waals surface area (Å²) in [6.45, 7) is 2.05. The van der Waals surface area contributed by atoms with Crippen LogP contribution in [-0.4, -0.2) is 24.2 Å². The molecule has 0 amide bonds. The molecule has 2 aliphatic rings. The van der Waals surface area contributed by atoms with Crippen LogP contribution in [0.2, 0.25) is 0 Å². The quantitative estimate of drug-likeness (QED) is 0.891. The van der Waals surface area contributed by atoms with Gasteiger partial charge >= 0.3 is 6.18 Å². The van der Waals surface area contributed by atoms with Crippen LogP contribution in [0.3, 0.4) is 0 Å². The van der Waals surface area contributed by atoms with Crippen LogP contribution in [0, 0.1) is 5.41 Å². The number of hydrogen-bond donors (Lipinski definition) is 1. The van der Waals surface area contributed by atoms with Gasteiger partial charge in [0.1, 0.15) is 5.75 Å². The highest BCUT2D eigenvalue weighted by molar-refractivity contribution is 5.85. The van der Waals surface area contributed by atoms with Crippen molar-refractivity contribution >= 4 is 12.4 Å². The van der Waals surface area contributed by atoms with Crippen molar-refractivity contribution in [2.24, 2.45) is 5.41 Å². The van der Waals surface area contributed by atoms with Crippen LogP contribution in [0.25, 0.3) is 0 Å². The smallest absolute Gasteiger partial charge is 0.418 e. The van der Waals surface area contributed by atoms with Crippen molar-refractivity contribution in [3.8, 4) is 5.75 Å². The van der Waals surface area contributed by atoms with Crippen molar-refractivity contribution in [1.29, 1.82) is 0 Å². The summed E-state index contributed by atoms with van der Waals surface area (Å²) in [5, 5.41) is 3.35. The Morgan fingerprint density at radius 3 is 2.59 bits per heavy atom. The fourth-order valence-corrected chi connectivity index (χ4v) is 3.50. The monoisotopic (exact) mass is 336 g/mol. The molecule has 1 N–H and O–H groups in total. The second-order valence-electron chi connectivity index (χ2n) is 6.14. The summed E-state index contributed by atoms with van der Waals surface area (Å²) in [6, 6.07) is 1.04. The molecule has 3 nitrogen and oxygen atoms in total. The molecule has 7 heteroatoms. The molecule has 1 aromatic heterocycles. The maximum atomic E-state index is 12.7. The van der Waals surface area contributed by atoms with Gasteiger partial charge in [-0.2, -0.15) is 13.2 Å². The third-order valence-corrected chi connectivity index (χ3v) is 4.66. The number of nitrogens with one attached hydrogen (secondary N) is 1. The Labute approximate surface area is 134 Å². The van der Waals surface area contributed by atoms with Gasteiger partial charge in [-0.25, -0.2) is 0 Å². The van der Waals surface area contributed by atoms with E-state index in [1.165, 1.54) is 6.20 Å². The highest BCUT2D eigenvalue weighted by atomic mass is 35.5. The number of ether oxygens (including phenoxy) is 1. The third-order valence-electron chi connectivity index (χ3n) is 4.66. The normalized spacial score (nSPS) is 24.0. The van der Waals surface area contributed by atoms with Crippen molar-refractivity contribution in [1.82, 2.24) is 10.3 Å². The average Bonchev–Trinajstić information content (AvgIpc) is 2.81. The van der Waals surface area contributed by atoms with Gasteiger partial charge < -0.3 is 10.1 Å². The van der Waals surface area contributed by atoms with Crippen molar-refractivity contribution in [2.45, 2.75) is 44.4 Å². The highest BCUT2D eigenvalue weighted by Gasteiger charge is 2.41. The summed E-state index contributed by atoms with van der Waals surface area (Å²) >= 11 is 0. The first kappa shape index (κ1) is 17.3. The van der Waals surface area contributed by atoms with Gasteiger partial charge in [-0.1, -0.05) is 0 Å². The maximum Gasteiger partial charge on any atom is 0.418 e. The molecule has 3 rings (SSSR count). The first-order chi connectivity index (χ1) is 9.97. The Balaban J connectivity index is 0.00000176. The van der Waals surface area contributed by atoms with Gasteiger partial charge in [-0.15, -0.1) is 12.4 Å². The Hall–Kier alpha value is -1.01. The predicted octanol–water partition coefficient (Wildman–Crippen LogP) is 3.82. The zero-order valence-corrected chi connectivity index (χ0v) is 13.0. The number of piperidine rings is 1. The van der Waals surface area contributed by atoms with E-state index in [9.17, 15) is 13.2 Å². The maximum absolute atomic E-state index is 12.7. The number of aromatic nitrogens is 1. The lowest BCUT2D eigenvalue weighted by Gasteiger charge is -2.33. The molecule has 22 heavy (non-hydrogen) atoms. The third kappa shape index (κ3) is 3.84. The largest absolute Gasteiger partial charge is 0.489 e. The molecule has 0 radical (unpaired) electrons. The molecule has 0 aromatic carbocycles. The van der Waals surface area contributed by atoms with E-state index in [1.807, 2.05) is 0 Å². The van der Waals surface area contributed by atoms with Crippen LogP contribution in [0.15, 0.2) is 18.5 Å². The minimum atomic E-state index is -4.38. The van der Waals surface area contributed by atoms with Crippen LogP contribution in [-0.2, 0) is 6.18 Å². The van der Waals surface area contributed by atoms with E-state index in [0.29, 0.717) is 5.41 Å². The van der Waals surface area contributed by atoms with Crippen LogP contribution in [0.5, 0.6) is 5.75 Å². The van der Waals surface area contributed by atoms with Gasteiger partial charge in [0.15, 0.2) is 0 Å². The molecule has 1 saturated heterocycles. The molecule has 124 valence electrons. The molecule has 1 aliphatic carbocycles. The number of pyridine rings is 1. The summed E-state index contributed by atoms with van der Waals surface area (Å²) in [6.07, 6.45) is 3.04. The standard InChI is InChI=1S/C15H19F3N2O.ClH/c16-15(17,18)11-7-13(10-20-9-11)21-12-1-2-14(8-12)3-5-19-6-4-14;/h7,9-10,12,19H,1-6,8H2;1H. The SMILES string of the molecule is Cl.FC(F)(F)c1cncc(OC2CCC3(CCNCC3)C2)c1. The molecule has 2 fully saturated rings. The molecule has 2 heterocycles. The molecule has 1 unspecified atom stereocenters. The van der Waals surface area contributed by atoms with E-state index in [2.05, 4.69) is 10.3 Å². The van der Waals surface area contributed by atoms with Crippen LogP contribution >= 0.6 is 12.4 Å². The minimum absolute atomic E-state index is 0. The van der Waals surface area contributed by atoms with Gasteiger partial charge in [0.05, 0.1) is 17.9 Å². The molecule has 1 atom stereocenters. The van der Waals surface area contributed by atoms with E-state index in [-0.39, 0.29) is 24.3 Å². The fourth-order valence-electron chi connectivity index (χ4n) is 3.50. The summed E-state index contributed by atoms with van der Waals surface area (Å²) in [7, 11) is 0. The number of halogens is 4. The lowest BCUT2D eigenvalue weighted by Crippen LogP contribution is -2.35. The van der Waals surface area contributed by atoms with Gasteiger partial charge in [-0.05, 0) is 56.7 Å². The Morgan fingerprint density at radius 1 is 1.18 bits per heavy atom. The minimum Gasteiger partial charge on any atom is -0.489 e. The summed E-state index contributed by atoms with van der Waals surface area (Å²) in [5.41, 5.74) is -0.431. The van der Waals surface area contributed by atoms with Gasteiger partial charge in [0.2, 0.25) is 0 Å². The van der Waals surface area contributed by atoms with Crippen LogP contribution in [0.4, 0.5) is 13.2 Å². The van der Waals surface area contributed by atoms with Crippen LogP contribution < -0.4 is 10.1 Å². The van der Waals surface area contributed by atoms with Crippen molar-refractivity contribution in [3.05, 3.63) is 24.0 Å². The molecule has 1 spiro atoms. The molecule has 1 aliphatic heterocycles. The second-order valence-corrected chi connectivity index (χ2v) is 6.14. The van der Waals surface area contributed by atoms with Gasteiger partial charge in [0.25, 0.3) is 0 Å². The van der Waals surface area contributed by atoms with E-state index >= 15 is 0 Å². The fraction of sp³-hybridized carbons (Fsp3) is 0.667. The topological polar surface area (TPSA) is 34.1 Å². The van der Waals surface area contributed by atoms with Crippen molar-refractivity contribution in [2.75, 3.05) is 13.1 Å². The van der Waals surface area contributed by atoms with Crippen molar-refractivity contribution < 1.29 is 17.9 Å².